The lowest BCUT2D eigenvalue weighted by Crippen LogP contribution is -2.09. The summed E-state index contributed by atoms with van der Waals surface area (Å²) in [6, 6.07) is 10.2. The predicted octanol–water partition coefficient (Wildman–Crippen LogP) is 4.61. The van der Waals surface area contributed by atoms with Crippen molar-refractivity contribution in [2.24, 2.45) is 0 Å². The number of hydrogen-bond donors (Lipinski definition) is 1. The van der Waals surface area contributed by atoms with Gasteiger partial charge in [-0.2, -0.15) is 0 Å². The van der Waals surface area contributed by atoms with Crippen LogP contribution in [-0.4, -0.2) is 24.7 Å². The first kappa shape index (κ1) is 17.7. The highest BCUT2D eigenvalue weighted by Crippen LogP contribution is 2.34. The van der Waals surface area contributed by atoms with Crippen LogP contribution in [0.1, 0.15) is 22.8 Å². The van der Waals surface area contributed by atoms with Crippen LogP contribution in [0.2, 0.25) is 0 Å². The molecule has 0 aliphatic rings. The Hall–Kier alpha value is -3.15. The molecule has 0 unspecified atom stereocenters. The second-order valence-corrected chi connectivity index (χ2v) is 5.71. The second-order valence-electron chi connectivity index (χ2n) is 5.71. The number of methoxy groups -OCH3 is 1. The second kappa shape index (κ2) is 7.39. The number of hydrogen-bond acceptors (Lipinski definition) is 5. The van der Waals surface area contributed by atoms with Gasteiger partial charge in [0.1, 0.15) is 22.6 Å². The maximum Gasteiger partial charge on any atom is 0.341 e. The number of aryl methyl sites for hydroxylation is 1. The van der Waals surface area contributed by atoms with Crippen LogP contribution in [0.15, 0.2) is 42.6 Å². The van der Waals surface area contributed by atoms with Crippen molar-refractivity contribution in [3.63, 3.8) is 0 Å². The van der Waals surface area contributed by atoms with Crippen molar-refractivity contribution >= 4 is 28.2 Å². The Morgan fingerprint density at radius 2 is 2.08 bits per heavy atom. The molecule has 6 heteroatoms. The average molecular weight is 354 g/mol. The highest BCUT2D eigenvalue weighted by atomic mass is 19.1. The Bertz CT molecular complexity index is 973. The first-order chi connectivity index (χ1) is 12.5. The van der Waals surface area contributed by atoms with Gasteiger partial charge in [-0.15, -0.1) is 0 Å². The normalized spacial score (nSPS) is 10.6. The molecule has 0 bridgehead atoms. The molecule has 0 atom stereocenters. The van der Waals surface area contributed by atoms with Crippen LogP contribution in [0.5, 0.6) is 5.75 Å². The molecule has 3 aromatic rings. The van der Waals surface area contributed by atoms with Crippen molar-refractivity contribution in [2.45, 2.75) is 13.8 Å². The minimum absolute atomic E-state index is 0.244. The number of pyridine rings is 1. The third kappa shape index (κ3) is 3.31. The lowest BCUT2D eigenvalue weighted by molar-refractivity contribution is 0.0527. The van der Waals surface area contributed by atoms with Crippen molar-refractivity contribution in [1.82, 2.24) is 4.98 Å². The molecule has 1 heterocycles. The molecule has 0 radical (unpaired) electrons. The summed E-state index contributed by atoms with van der Waals surface area (Å²) < 4.78 is 24.4. The molecule has 3 rings (SSSR count). The molecular formula is C20H19FN2O3. The van der Waals surface area contributed by atoms with E-state index in [-0.39, 0.29) is 18.0 Å². The van der Waals surface area contributed by atoms with E-state index in [2.05, 4.69) is 10.3 Å². The minimum Gasteiger partial charge on any atom is -0.494 e. The van der Waals surface area contributed by atoms with E-state index in [1.807, 2.05) is 6.07 Å². The Morgan fingerprint density at radius 3 is 2.77 bits per heavy atom. The van der Waals surface area contributed by atoms with Gasteiger partial charge in [-0.3, -0.25) is 4.98 Å². The zero-order valence-corrected chi connectivity index (χ0v) is 14.8. The third-order valence-electron chi connectivity index (χ3n) is 4.02. The number of aromatic nitrogens is 1. The lowest BCUT2D eigenvalue weighted by atomic mass is 10.1. The van der Waals surface area contributed by atoms with Crippen LogP contribution in [0, 0.1) is 12.7 Å². The van der Waals surface area contributed by atoms with Crippen molar-refractivity contribution < 1.29 is 18.7 Å². The molecule has 134 valence electrons. The highest BCUT2D eigenvalue weighted by molar-refractivity contribution is 6.07. The van der Waals surface area contributed by atoms with E-state index in [0.717, 1.165) is 0 Å². The van der Waals surface area contributed by atoms with E-state index in [1.165, 1.54) is 12.3 Å². The number of benzene rings is 2. The van der Waals surface area contributed by atoms with Crippen LogP contribution < -0.4 is 10.1 Å². The number of carbonyl (C=O) groups is 1. The Morgan fingerprint density at radius 1 is 1.27 bits per heavy atom. The van der Waals surface area contributed by atoms with Gasteiger partial charge < -0.3 is 14.8 Å². The third-order valence-corrected chi connectivity index (χ3v) is 4.02. The van der Waals surface area contributed by atoms with Gasteiger partial charge in [0.2, 0.25) is 0 Å². The molecule has 26 heavy (non-hydrogen) atoms. The number of para-hydroxylation sites is 1. The van der Waals surface area contributed by atoms with E-state index in [0.29, 0.717) is 33.6 Å². The standard InChI is InChI=1S/C20H19FN2O3/c1-4-26-20(24)15-11-22-19-14(6-5-7-17(19)25-3)18(15)23-13-9-8-12(2)16(21)10-13/h5-11H,4H2,1-3H3,(H,22,23). The van der Waals surface area contributed by atoms with Crippen molar-refractivity contribution in [3.05, 3.63) is 59.5 Å². The predicted molar refractivity (Wildman–Crippen MR) is 98.7 cm³/mol. The number of anilines is 2. The molecule has 0 aliphatic carbocycles. The van der Waals surface area contributed by atoms with Gasteiger partial charge in [0, 0.05) is 17.3 Å². The summed E-state index contributed by atoms with van der Waals surface area (Å²) in [5.41, 5.74) is 2.43. The van der Waals surface area contributed by atoms with E-state index in [1.54, 1.807) is 45.2 Å². The molecule has 0 amide bonds. The van der Waals surface area contributed by atoms with Crippen LogP contribution in [0.3, 0.4) is 0 Å². The van der Waals surface area contributed by atoms with Crippen LogP contribution >= 0.6 is 0 Å². The van der Waals surface area contributed by atoms with Gasteiger partial charge in [-0.1, -0.05) is 18.2 Å². The quantitative estimate of drug-likeness (QED) is 0.678. The van der Waals surface area contributed by atoms with Gasteiger partial charge in [0.05, 0.1) is 19.4 Å². The smallest absolute Gasteiger partial charge is 0.341 e. The summed E-state index contributed by atoms with van der Waals surface area (Å²) in [5, 5.41) is 3.81. The number of fused-ring (bicyclic) bond motifs is 1. The fourth-order valence-electron chi connectivity index (χ4n) is 2.67. The molecule has 0 saturated carbocycles. The maximum absolute atomic E-state index is 13.9. The van der Waals surface area contributed by atoms with Crippen LogP contribution in [0.25, 0.3) is 10.9 Å². The number of rotatable bonds is 5. The van der Waals surface area contributed by atoms with E-state index < -0.39 is 5.97 Å². The maximum atomic E-state index is 13.9. The number of esters is 1. The monoisotopic (exact) mass is 354 g/mol. The van der Waals surface area contributed by atoms with Crippen molar-refractivity contribution in [1.29, 1.82) is 0 Å². The van der Waals surface area contributed by atoms with Gasteiger partial charge >= 0.3 is 5.97 Å². The van der Waals surface area contributed by atoms with Crippen molar-refractivity contribution in [2.75, 3.05) is 19.0 Å². The first-order valence-corrected chi connectivity index (χ1v) is 8.21. The first-order valence-electron chi connectivity index (χ1n) is 8.21. The summed E-state index contributed by atoms with van der Waals surface area (Å²) in [6.45, 7) is 3.67. The fraction of sp³-hybridized carbons (Fsp3) is 0.200. The van der Waals surface area contributed by atoms with Crippen LogP contribution in [0.4, 0.5) is 15.8 Å². The van der Waals surface area contributed by atoms with E-state index in [9.17, 15) is 9.18 Å². The number of carbonyl (C=O) groups excluding carboxylic acids is 1. The summed E-state index contributed by atoms with van der Waals surface area (Å²) in [4.78, 5) is 16.7. The summed E-state index contributed by atoms with van der Waals surface area (Å²) in [5.74, 6) is -0.250. The fourth-order valence-corrected chi connectivity index (χ4v) is 2.67. The molecule has 5 nitrogen and oxygen atoms in total. The number of nitrogens with zero attached hydrogens (tertiary/aromatic N) is 1. The Kier molecular flexibility index (Phi) is 5.02. The van der Waals surface area contributed by atoms with E-state index >= 15 is 0 Å². The van der Waals surface area contributed by atoms with E-state index in [4.69, 9.17) is 9.47 Å². The molecule has 0 aliphatic heterocycles. The highest BCUT2D eigenvalue weighted by Gasteiger charge is 2.18. The van der Waals surface area contributed by atoms with Crippen molar-refractivity contribution in [3.8, 4) is 5.75 Å². The van der Waals surface area contributed by atoms with Gasteiger partial charge in [-0.05, 0) is 37.6 Å². The molecule has 0 saturated heterocycles. The van der Waals surface area contributed by atoms with Gasteiger partial charge in [-0.25, -0.2) is 9.18 Å². The summed E-state index contributed by atoms with van der Waals surface area (Å²) in [6.07, 6.45) is 1.44. The zero-order valence-electron chi connectivity index (χ0n) is 14.8. The topological polar surface area (TPSA) is 60.5 Å². The Labute approximate surface area is 150 Å². The largest absolute Gasteiger partial charge is 0.494 e. The summed E-state index contributed by atoms with van der Waals surface area (Å²) in [7, 11) is 1.55. The molecular weight excluding hydrogens is 335 g/mol. The van der Waals surface area contributed by atoms with Crippen LogP contribution in [-0.2, 0) is 4.74 Å². The Balaban J connectivity index is 2.19. The lowest BCUT2D eigenvalue weighted by Gasteiger charge is -2.15. The number of ether oxygens (including phenoxy) is 2. The van der Waals surface area contributed by atoms with Gasteiger partial charge in [0.15, 0.2) is 0 Å². The molecule has 0 spiro atoms. The number of halogens is 1. The summed E-state index contributed by atoms with van der Waals surface area (Å²) >= 11 is 0. The number of nitrogens with one attached hydrogen (secondary N) is 1. The molecule has 2 aromatic carbocycles. The molecule has 1 N–H and O–H groups in total. The average Bonchev–Trinajstić information content (AvgIpc) is 2.64. The molecule has 1 aromatic heterocycles. The molecule has 0 fully saturated rings. The van der Waals surface area contributed by atoms with Gasteiger partial charge in [0.25, 0.3) is 0 Å². The zero-order chi connectivity index (χ0) is 18.7. The SMILES string of the molecule is CCOC(=O)c1cnc2c(OC)cccc2c1Nc1ccc(C)c(F)c1. The minimum atomic E-state index is -0.500.